The fraction of sp³-hybridized carbons (Fsp3) is 0.833. The average Bonchev–Trinajstić information content (AvgIpc) is 2.45. The Morgan fingerprint density at radius 1 is 0.950 bits per heavy atom. The molecule has 2 atom stereocenters. The molecule has 4 N–H and O–H groups in total. The van der Waals surface area contributed by atoms with Gasteiger partial charge in [-0.1, -0.05) is 0 Å². The van der Waals surface area contributed by atoms with E-state index in [1.165, 1.54) is 0 Å². The van der Waals surface area contributed by atoms with Crippen molar-refractivity contribution in [1.82, 2.24) is 0 Å². The van der Waals surface area contributed by atoms with Gasteiger partial charge >= 0.3 is 11.9 Å². The van der Waals surface area contributed by atoms with Gasteiger partial charge in [-0.25, -0.2) is 0 Å². The molecule has 0 heterocycles. The molecule has 0 amide bonds. The first kappa shape index (κ1) is 18.8. The standard InChI is InChI=1S/C12H22O8/c13-3-1-2-10(16)9(12(18)20-7-5-15)8-11(17)19-6-4-14/h9-10,13-16H,1-8H2. The van der Waals surface area contributed by atoms with Crippen LogP contribution in [0.4, 0.5) is 0 Å². The van der Waals surface area contributed by atoms with Crippen molar-refractivity contribution in [3.8, 4) is 0 Å². The average molecular weight is 294 g/mol. The van der Waals surface area contributed by atoms with Gasteiger partial charge in [-0.3, -0.25) is 9.59 Å². The molecule has 0 aliphatic heterocycles. The van der Waals surface area contributed by atoms with Gasteiger partial charge in [0.15, 0.2) is 0 Å². The molecule has 0 aromatic carbocycles. The molecule has 8 nitrogen and oxygen atoms in total. The number of rotatable bonds is 11. The third-order valence-electron chi connectivity index (χ3n) is 2.50. The van der Waals surface area contributed by atoms with Crippen LogP contribution in [0.1, 0.15) is 19.3 Å². The first-order chi connectivity index (χ1) is 9.56. The fourth-order valence-electron chi connectivity index (χ4n) is 1.53. The van der Waals surface area contributed by atoms with Crippen LogP contribution in [0.2, 0.25) is 0 Å². The summed E-state index contributed by atoms with van der Waals surface area (Å²) in [6.45, 7) is -1.26. The van der Waals surface area contributed by atoms with Crippen LogP contribution in [0.25, 0.3) is 0 Å². The molecule has 0 spiro atoms. The summed E-state index contributed by atoms with van der Waals surface area (Å²) in [4.78, 5) is 23.1. The number of aliphatic hydroxyl groups excluding tert-OH is 4. The minimum atomic E-state index is -1.16. The zero-order chi connectivity index (χ0) is 15.4. The third kappa shape index (κ3) is 8.05. The SMILES string of the molecule is O=C(CC(C(=O)OCCO)C(O)CCCO)OCCO. The Balaban J connectivity index is 4.51. The second-order valence-electron chi connectivity index (χ2n) is 4.08. The number of carbonyl (C=O) groups is 2. The van der Waals surface area contributed by atoms with Gasteiger partial charge in [0.1, 0.15) is 13.2 Å². The number of carbonyl (C=O) groups excluding carboxylic acids is 2. The van der Waals surface area contributed by atoms with E-state index in [0.29, 0.717) is 0 Å². The van der Waals surface area contributed by atoms with Crippen LogP contribution >= 0.6 is 0 Å². The van der Waals surface area contributed by atoms with Gasteiger partial charge in [0.25, 0.3) is 0 Å². The highest BCUT2D eigenvalue weighted by atomic mass is 16.5. The third-order valence-corrected chi connectivity index (χ3v) is 2.50. The Morgan fingerprint density at radius 2 is 1.55 bits per heavy atom. The molecule has 0 fully saturated rings. The highest BCUT2D eigenvalue weighted by molar-refractivity contribution is 5.80. The molecule has 20 heavy (non-hydrogen) atoms. The minimum absolute atomic E-state index is 0.128. The van der Waals surface area contributed by atoms with Crippen molar-refractivity contribution in [2.75, 3.05) is 33.0 Å². The maximum atomic E-state index is 11.7. The summed E-state index contributed by atoms with van der Waals surface area (Å²) in [6, 6.07) is 0. The van der Waals surface area contributed by atoms with Crippen molar-refractivity contribution in [1.29, 1.82) is 0 Å². The molecule has 0 saturated carbocycles. The summed E-state index contributed by atoms with van der Waals surface area (Å²) >= 11 is 0. The first-order valence-electron chi connectivity index (χ1n) is 6.39. The lowest BCUT2D eigenvalue weighted by Crippen LogP contribution is -2.33. The van der Waals surface area contributed by atoms with E-state index in [0.717, 1.165) is 0 Å². The summed E-state index contributed by atoms with van der Waals surface area (Å²) in [7, 11) is 0. The quantitative estimate of drug-likeness (QED) is 0.328. The van der Waals surface area contributed by atoms with Crippen molar-refractivity contribution in [2.45, 2.75) is 25.4 Å². The van der Waals surface area contributed by atoms with E-state index < -0.39 is 30.4 Å². The van der Waals surface area contributed by atoms with Crippen molar-refractivity contribution >= 4 is 11.9 Å². The topological polar surface area (TPSA) is 134 Å². The van der Waals surface area contributed by atoms with Crippen molar-refractivity contribution in [3.05, 3.63) is 0 Å². The zero-order valence-corrected chi connectivity index (χ0v) is 11.2. The predicted molar refractivity (Wildman–Crippen MR) is 66.5 cm³/mol. The second-order valence-corrected chi connectivity index (χ2v) is 4.08. The first-order valence-corrected chi connectivity index (χ1v) is 6.39. The molecule has 0 bridgehead atoms. The largest absolute Gasteiger partial charge is 0.463 e. The van der Waals surface area contributed by atoms with Gasteiger partial charge in [0.05, 0.1) is 31.7 Å². The van der Waals surface area contributed by atoms with Crippen LogP contribution in [-0.2, 0) is 19.1 Å². The summed E-state index contributed by atoms with van der Waals surface area (Å²) in [5.74, 6) is -2.68. The molecule has 2 unspecified atom stereocenters. The molecular formula is C12H22O8. The van der Waals surface area contributed by atoms with E-state index in [9.17, 15) is 14.7 Å². The summed E-state index contributed by atoms with van der Waals surface area (Å²) in [6.07, 6.45) is -1.15. The number of aliphatic hydroxyl groups is 4. The van der Waals surface area contributed by atoms with E-state index in [-0.39, 0.29) is 45.9 Å². The van der Waals surface area contributed by atoms with Gasteiger partial charge in [-0.05, 0) is 12.8 Å². The lowest BCUT2D eigenvalue weighted by molar-refractivity contribution is -0.160. The number of ether oxygens (including phenoxy) is 2. The Bertz CT molecular complexity index is 281. The molecule has 0 radical (unpaired) electrons. The number of hydrogen-bond donors (Lipinski definition) is 4. The zero-order valence-electron chi connectivity index (χ0n) is 11.2. The smallest absolute Gasteiger partial charge is 0.312 e. The molecular weight excluding hydrogens is 272 g/mol. The molecule has 0 aliphatic carbocycles. The van der Waals surface area contributed by atoms with E-state index >= 15 is 0 Å². The Morgan fingerprint density at radius 3 is 2.10 bits per heavy atom. The van der Waals surface area contributed by atoms with Crippen LogP contribution in [0, 0.1) is 5.92 Å². The molecule has 8 heteroatoms. The van der Waals surface area contributed by atoms with Crippen molar-refractivity contribution in [2.24, 2.45) is 5.92 Å². The number of hydrogen-bond acceptors (Lipinski definition) is 8. The maximum Gasteiger partial charge on any atom is 0.312 e. The van der Waals surface area contributed by atoms with Crippen LogP contribution in [0.15, 0.2) is 0 Å². The van der Waals surface area contributed by atoms with Gasteiger partial charge < -0.3 is 29.9 Å². The van der Waals surface area contributed by atoms with Gasteiger partial charge in [-0.15, -0.1) is 0 Å². The number of esters is 2. The molecule has 0 aromatic heterocycles. The maximum absolute atomic E-state index is 11.7. The summed E-state index contributed by atoms with van der Waals surface area (Å²) in [5.41, 5.74) is 0. The van der Waals surface area contributed by atoms with Gasteiger partial charge in [0, 0.05) is 6.61 Å². The highest BCUT2D eigenvalue weighted by Gasteiger charge is 2.31. The summed E-state index contributed by atoms with van der Waals surface area (Å²) in [5, 5.41) is 35.7. The van der Waals surface area contributed by atoms with Crippen LogP contribution in [0.3, 0.4) is 0 Å². The van der Waals surface area contributed by atoms with Crippen LogP contribution < -0.4 is 0 Å². The monoisotopic (exact) mass is 294 g/mol. The summed E-state index contributed by atoms with van der Waals surface area (Å²) < 4.78 is 9.32. The van der Waals surface area contributed by atoms with E-state index in [1.54, 1.807) is 0 Å². The van der Waals surface area contributed by atoms with Crippen LogP contribution in [0.5, 0.6) is 0 Å². The predicted octanol–water partition coefficient (Wildman–Crippen LogP) is -1.80. The van der Waals surface area contributed by atoms with E-state index in [2.05, 4.69) is 4.74 Å². The van der Waals surface area contributed by atoms with Crippen LogP contribution in [-0.4, -0.2) is 71.5 Å². The molecule has 0 aromatic rings. The van der Waals surface area contributed by atoms with E-state index in [4.69, 9.17) is 20.1 Å². The fourth-order valence-corrected chi connectivity index (χ4v) is 1.53. The Labute approximate surface area is 116 Å². The molecule has 0 rings (SSSR count). The Kier molecular flexibility index (Phi) is 10.9. The molecule has 0 aliphatic rings. The van der Waals surface area contributed by atoms with Crippen molar-refractivity contribution < 1.29 is 39.5 Å². The lowest BCUT2D eigenvalue weighted by atomic mass is 9.95. The van der Waals surface area contributed by atoms with E-state index in [1.807, 2.05) is 0 Å². The second kappa shape index (κ2) is 11.6. The molecule has 0 saturated heterocycles. The lowest BCUT2D eigenvalue weighted by Gasteiger charge is -2.20. The Hall–Kier alpha value is -1.22. The van der Waals surface area contributed by atoms with Gasteiger partial charge in [0.2, 0.25) is 0 Å². The molecule has 118 valence electrons. The van der Waals surface area contributed by atoms with Crippen molar-refractivity contribution in [3.63, 3.8) is 0 Å². The van der Waals surface area contributed by atoms with Gasteiger partial charge in [-0.2, -0.15) is 0 Å². The minimum Gasteiger partial charge on any atom is -0.463 e. The normalized spacial score (nSPS) is 13.6. The highest BCUT2D eigenvalue weighted by Crippen LogP contribution is 2.17.